The summed E-state index contributed by atoms with van der Waals surface area (Å²) in [4.78, 5) is 12.5. The first kappa shape index (κ1) is 18.4. The summed E-state index contributed by atoms with van der Waals surface area (Å²) < 4.78 is 27.5. The molecule has 2 N–H and O–H groups in total. The SMILES string of the molecule is CC(C)(C)NS(=O)(=O)c1cccc(NC(=O)C[C@@H]2C[C@@H]3CC[C@@H]2C3)c1. The molecule has 138 valence electrons. The molecule has 0 radical (unpaired) electrons. The highest BCUT2D eigenvalue weighted by Gasteiger charge is 2.40. The maximum Gasteiger partial charge on any atom is 0.241 e. The fraction of sp³-hybridized carbons (Fsp3) is 0.632. The van der Waals surface area contributed by atoms with Crippen LogP contribution in [0.3, 0.4) is 0 Å². The van der Waals surface area contributed by atoms with Crippen molar-refractivity contribution in [1.82, 2.24) is 4.72 Å². The van der Waals surface area contributed by atoms with Crippen molar-refractivity contribution in [3.8, 4) is 0 Å². The molecule has 3 rings (SSSR count). The number of rotatable bonds is 5. The van der Waals surface area contributed by atoms with Crippen LogP contribution in [0.2, 0.25) is 0 Å². The highest BCUT2D eigenvalue weighted by Crippen LogP contribution is 2.49. The number of hydrogen-bond donors (Lipinski definition) is 2. The predicted molar refractivity (Wildman–Crippen MR) is 98.7 cm³/mol. The first-order chi connectivity index (χ1) is 11.6. The monoisotopic (exact) mass is 364 g/mol. The summed E-state index contributed by atoms with van der Waals surface area (Å²) in [6, 6.07) is 6.45. The summed E-state index contributed by atoms with van der Waals surface area (Å²) in [5.41, 5.74) is -0.0233. The van der Waals surface area contributed by atoms with E-state index in [1.165, 1.54) is 31.7 Å². The Labute approximate surface area is 150 Å². The Morgan fingerprint density at radius 3 is 2.56 bits per heavy atom. The number of nitrogens with one attached hydrogen (secondary N) is 2. The van der Waals surface area contributed by atoms with Crippen LogP contribution in [0.1, 0.15) is 52.9 Å². The number of benzene rings is 1. The van der Waals surface area contributed by atoms with Gasteiger partial charge in [-0.15, -0.1) is 0 Å². The molecule has 25 heavy (non-hydrogen) atoms. The van der Waals surface area contributed by atoms with E-state index in [9.17, 15) is 13.2 Å². The zero-order valence-electron chi connectivity index (χ0n) is 15.2. The molecule has 0 saturated heterocycles. The van der Waals surface area contributed by atoms with Crippen LogP contribution < -0.4 is 10.0 Å². The number of carbonyl (C=O) groups excluding carboxylic acids is 1. The van der Waals surface area contributed by atoms with Crippen molar-refractivity contribution in [2.45, 2.75) is 63.3 Å². The van der Waals surface area contributed by atoms with Gasteiger partial charge in [0.2, 0.25) is 15.9 Å². The van der Waals surface area contributed by atoms with Gasteiger partial charge >= 0.3 is 0 Å². The van der Waals surface area contributed by atoms with E-state index in [0.717, 1.165) is 5.92 Å². The van der Waals surface area contributed by atoms with Gasteiger partial charge in [0.1, 0.15) is 0 Å². The molecule has 5 nitrogen and oxygen atoms in total. The highest BCUT2D eigenvalue weighted by molar-refractivity contribution is 7.89. The van der Waals surface area contributed by atoms with Crippen molar-refractivity contribution in [3.05, 3.63) is 24.3 Å². The Hall–Kier alpha value is -1.40. The minimum absolute atomic E-state index is 0.0177. The van der Waals surface area contributed by atoms with E-state index in [4.69, 9.17) is 0 Å². The van der Waals surface area contributed by atoms with Gasteiger partial charge in [0.05, 0.1) is 4.90 Å². The molecule has 2 aliphatic rings. The van der Waals surface area contributed by atoms with Crippen LogP contribution in [0, 0.1) is 17.8 Å². The summed E-state index contributed by atoms with van der Waals surface area (Å²) >= 11 is 0. The van der Waals surface area contributed by atoms with Gasteiger partial charge in [-0.3, -0.25) is 4.79 Å². The van der Waals surface area contributed by atoms with Gasteiger partial charge in [-0.2, -0.15) is 0 Å². The van der Waals surface area contributed by atoms with E-state index in [0.29, 0.717) is 23.9 Å². The van der Waals surface area contributed by atoms with Gasteiger partial charge in [-0.05, 0) is 76.0 Å². The van der Waals surface area contributed by atoms with Gasteiger partial charge < -0.3 is 5.32 Å². The Morgan fingerprint density at radius 2 is 1.96 bits per heavy atom. The first-order valence-corrected chi connectivity index (χ1v) is 10.5. The number of anilines is 1. The third-order valence-corrected chi connectivity index (χ3v) is 6.96. The lowest BCUT2D eigenvalue weighted by molar-refractivity contribution is -0.117. The van der Waals surface area contributed by atoms with Crippen LogP contribution in [0.4, 0.5) is 5.69 Å². The van der Waals surface area contributed by atoms with E-state index >= 15 is 0 Å². The summed E-state index contributed by atoms with van der Waals surface area (Å²) in [6.45, 7) is 5.39. The molecule has 0 heterocycles. The lowest BCUT2D eigenvalue weighted by atomic mass is 9.86. The van der Waals surface area contributed by atoms with Crippen LogP contribution in [-0.2, 0) is 14.8 Å². The van der Waals surface area contributed by atoms with Crippen molar-refractivity contribution in [1.29, 1.82) is 0 Å². The number of fused-ring (bicyclic) bond motifs is 2. The fourth-order valence-electron chi connectivity index (χ4n) is 4.28. The standard InChI is InChI=1S/C19H28N2O3S/c1-19(2,3)21-25(23,24)17-6-4-5-16(12-17)20-18(22)11-15-10-13-7-8-14(15)9-13/h4-6,12-15,21H,7-11H2,1-3H3,(H,20,22)/t13-,14-,15+/m1/s1. The number of sulfonamides is 1. The van der Waals surface area contributed by atoms with Crippen LogP contribution in [-0.4, -0.2) is 19.9 Å². The number of amides is 1. The molecule has 1 amide bonds. The predicted octanol–water partition coefficient (Wildman–Crippen LogP) is 3.53. The van der Waals surface area contributed by atoms with E-state index < -0.39 is 15.6 Å². The molecule has 3 atom stereocenters. The Balaban J connectivity index is 1.64. The van der Waals surface area contributed by atoms with Crippen LogP contribution in [0.15, 0.2) is 29.2 Å². The Morgan fingerprint density at radius 1 is 1.20 bits per heavy atom. The molecular weight excluding hydrogens is 336 g/mol. The topological polar surface area (TPSA) is 75.3 Å². The second-order valence-corrected chi connectivity index (χ2v) is 10.3. The van der Waals surface area contributed by atoms with Gasteiger partial charge in [0.15, 0.2) is 0 Å². The summed E-state index contributed by atoms with van der Waals surface area (Å²) in [5.74, 6) is 2.00. The van der Waals surface area contributed by atoms with Crippen molar-refractivity contribution in [2.24, 2.45) is 17.8 Å². The summed E-state index contributed by atoms with van der Waals surface area (Å²) in [6.07, 6.45) is 5.57. The van der Waals surface area contributed by atoms with Gasteiger partial charge in [-0.25, -0.2) is 13.1 Å². The molecule has 6 heteroatoms. The summed E-state index contributed by atoms with van der Waals surface area (Å²) in [7, 11) is -3.61. The zero-order valence-corrected chi connectivity index (χ0v) is 16.0. The lowest BCUT2D eigenvalue weighted by Crippen LogP contribution is -2.40. The quantitative estimate of drug-likeness (QED) is 0.839. The molecule has 0 unspecified atom stereocenters. The third kappa shape index (κ3) is 4.61. The lowest BCUT2D eigenvalue weighted by Gasteiger charge is -2.21. The minimum atomic E-state index is -3.61. The van der Waals surface area contributed by atoms with Crippen LogP contribution in [0.5, 0.6) is 0 Å². The zero-order chi connectivity index (χ0) is 18.2. The number of carbonyl (C=O) groups is 1. The smallest absolute Gasteiger partial charge is 0.241 e. The molecule has 0 aromatic heterocycles. The average molecular weight is 365 g/mol. The second kappa shape index (κ2) is 6.72. The van der Waals surface area contributed by atoms with Gasteiger partial charge in [0.25, 0.3) is 0 Å². The minimum Gasteiger partial charge on any atom is -0.326 e. The molecule has 1 aromatic carbocycles. The average Bonchev–Trinajstić information content (AvgIpc) is 3.07. The third-order valence-electron chi connectivity index (χ3n) is 5.20. The molecule has 0 spiro atoms. The second-order valence-electron chi connectivity index (χ2n) is 8.57. The highest BCUT2D eigenvalue weighted by atomic mass is 32.2. The van der Waals surface area contributed by atoms with Crippen molar-refractivity contribution in [3.63, 3.8) is 0 Å². The largest absolute Gasteiger partial charge is 0.326 e. The first-order valence-electron chi connectivity index (χ1n) is 9.06. The molecule has 2 bridgehead atoms. The maximum atomic E-state index is 12.4. The van der Waals surface area contributed by atoms with E-state index in [-0.39, 0.29) is 10.8 Å². The van der Waals surface area contributed by atoms with Gasteiger partial charge in [0, 0.05) is 17.6 Å². The molecule has 1 aromatic rings. The fourth-order valence-corrected chi connectivity index (χ4v) is 5.74. The molecule has 0 aliphatic heterocycles. The normalized spacial score (nSPS) is 26.0. The van der Waals surface area contributed by atoms with E-state index in [2.05, 4.69) is 10.0 Å². The Kier molecular flexibility index (Phi) is 4.95. The summed E-state index contributed by atoms with van der Waals surface area (Å²) in [5, 5.41) is 2.87. The van der Waals surface area contributed by atoms with Crippen LogP contribution >= 0.6 is 0 Å². The number of hydrogen-bond acceptors (Lipinski definition) is 3. The van der Waals surface area contributed by atoms with E-state index in [1.807, 2.05) is 0 Å². The van der Waals surface area contributed by atoms with Crippen LogP contribution in [0.25, 0.3) is 0 Å². The van der Waals surface area contributed by atoms with Crippen molar-refractivity contribution in [2.75, 3.05) is 5.32 Å². The molecule has 2 aliphatic carbocycles. The molecule has 2 fully saturated rings. The Bertz CT molecular complexity index is 752. The molecule has 2 saturated carbocycles. The van der Waals surface area contributed by atoms with E-state index in [1.54, 1.807) is 39.0 Å². The molecular formula is C19H28N2O3S. The van der Waals surface area contributed by atoms with Crippen molar-refractivity contribution >= 4 is 21.6 Å². The maximum absolute atomic E-state index is 12.4. The van der Waals surface area contributed by atoms with Gasteiger partial charge in [-0.1, -0.05) is 12.5 Å². The van der Waals surface area contributed by atoms with Crippen molar-refractivity contribution < 1.29 is 13.2 Å².